The predicted molar refractivity (Wildman–Crippen MR) is 97.8 cm³/mol. The van der Waals surface area contributed by atoms with Crippen LogP contribution in [0.4, 0.5) is 5.95 Å². The molecule has 0 aliphatic rings. The van der Waals surface area contributed by atoms with Crippen LogP contribution >= 0.6 is 0 Å². The number of carbonyl (C=O) groups excluding carboxylic acids is 1. The molecule has 1 aromatic heterocycles. The van der Waals surface area contributed by atoms with Gasteiger partial charge in [0.15, 0.2) is 15.8 Å². The van der Waals surface area contributed by atoms with E-state index >= 15 is 0 Å². The molecule has 136 valence electrons. The van der Waals surface area contributed by atoms with E-state index in [0.29, 0.717) is 22.3 Å². The Bertz CT molecular complexity index is 1070. The Hall–Kier alpha value is -3.07. The van der Waals surface area contributed by atoms with Crippen molar-refractivity contribution in [3.8, 4) is 5.75 Å². The van der Waals surface area contributed by atoms with Crippen LogP contribution in [0.15, 0.2) is 41.3 Å². The summed E-state index contributed by atoms with van der Waals surface area (Å²) in [4.78, 5) is 19.8. The Labute approximate surface area is 150 Å². The van der Waals surface area contributed by atoms with E-state index in [4.69, 9.17) is 10.5 Å². The smallest absolute Gasteiger partial charge is 0.253 e. The van der Waals surface area contributed by atoms with Crippen LogP contribution in [0.1, 0.15) is 15.9 Å². The van der Waals surface area contributed by atoms with Crippen molar-refractivity contribution in [2.24, 2.45) is 0 Å². The highest BCUT2D eigenvalue weighted by molar-refractivity contribution is 7.90. The fourth-order valence-electron chi connectivity index (χ4n) is 2.53. The molecule has 0 bridgehead atoms. The van der Waals surface area contributed by atoms with Crippen molar-refractivity contribution in [2.45, 2.75) is 11.4 Å². The van der Waals surface area contributed by atoms with Gasteiger partial charge in [-0.3, -0.25) is 4.79 Å². The van der Waals surface area contributed by atoms with Gasteiger partial charge in [-0.25, -0.2) is 13.4 Å². The Morgan fingerprint density at radius 3 is 2.58 bits per heavy atom. The molecule has 26 heavy (non-hydrogen) atoms. The number of nitrogen functional groups attached to an aromatic ring is 1. The summed E-state index contributed by atoms with van der Waals surface area (Å²) >= 11 is 0. The summed E-state index contributed by atoms with van der Waals surface area (Å²) in [6, 6.07) is 9.63. The Morgan fingerprint density at radius 2 is 1.96 bits per heavy atom. The molecule has 0 spiro atoms. The first-order chi connectivity index (χ1) is 12.3. The van der Waals surface area contributed by atoms with E-state index in [1.54, 1.807) is 24.3 Å². The van der Waals surface area contributed by atoms with Gasteiger partial charge in [-0.05, 0) is 23.8 Å². The minimum atomic E-state index is -3.25. The maximum atomic E-state index is 12.6. The molecule has 1 amide bonds. The maximum absolute atomic E-state index is 12.6. The number of hydrogen-bond donors (Lipinski definition) is 3. The minimum absolute atomic E-state index is 0.207. The molecule has 8 nitrogen and oxygen atoms in total. The topological polar surface area (TPSA) is 127 Å². The lowest BCUT2D eigenvalue weighted by Crippen LogP contribution is -2.23. The van der Waals surface area contributed by atoms with Gasteiger partial charge >= 0.3 is 0 Å². The molecular formula is C17H18N4O4S. The molecule has 3 rings (SSSR count). The number of methoxy groups -OCH3 is 1. The number of aromatic nitrogens is 2. The lowest BCUT2D eigenvalue weighted by atomic mass is 10.1. The number of fused-ring (bicyclic) bond motifs is 1. The van der Waals surface area contributed by atoms with Gasteiger partial charge < -0.3 is 20.8 Å². The number of amides is 1. The van der Waals surface area contributed by atoms with Crippen LogP contribution in [0.3, 0.4) is 0 Å². The second-order valence-corrected chi connectivity index (χ2v) is 7.81. The summed E-state index contributed by atoms with van der Waals surface area (Å²) in [6.45, 7) is 0.238. The number of rotatable bonds is 5. The summed E-state index contributed by atoms with van der Waals surface area (Å²) < 4.78 is 28.2. The first kappa shape index (κ1) is 17.7. The zero-order valence-corrected chi connectivity index (χ0v) is 15.1. The predicted octanol–water partition coefficient (Wildman–Crippen LogP) is 1.49. The molecule has 0 aliphatic carbocycles. The third-order valence-corrected chi connectivity index (χ3v) is 4.99. The zero-order valence-electron chi connectivity index (χ0n) is 14.2. The first-order valence-electron chi connectivity index (χ1n) is 7.68. The third-order valence-electron chi connectivity index (χ3n) is 3.86. The number of anilines is 1. The number of nitrogens with two attached hydrogens (primary N) is 1. The van der Waals surface area contributed by atoms with Crippen LogP contribution in [0.2, 0.25) is 0 Å². The molecule has 1 heterocycles. The van der Waals surface area contributed by atoms with E-state index in [0.717, 1.165) is 11.8 Å². The lowest BCUT2D eigenvalue weighted by molar-refractivity contribution is 0.0952. The van der Waals surface area contributed by atoms with Crippen molar-refractivity contribution in [1.82, 2.24) is 15.3 Å². The molecule has 0 saturated carbocycles. The number of nitrogens with zero attached hydrogens (tertiary/aromatic N) is 1. The molecule has 2 aromatic carbocycles. The average Bonchev–Trinajstić information content (AvgIpc) is 2.98. The van der Waals surface area contributed by atoms with Crippen LogP contribution in [0.25, 0.3) is 11.0 Å². The van der Waals surface area contributed by atoms with Crippen LogP contribution < -0.4 is 15.8 Å². The fraction of sp³-hybridized carbons (Fsp3) is 0.176. The lowest BCUT2D eigenvalue weighted by Gasteiger charge is -2.08. The summed E-state index contributed by atoms with van der Waals surface area (Å²) in [6.07, 6.45) is 1.15. The second-order valence-electron chi connectivity index (χ2n) is 5.79. The molecular weight excluding hydrogens is 356 g/mol. The number of H-pyrrole nitrogens is 1. The molecule has 0 aliphatic heterocycles. The summed E-state index contributed by atoms with van der Waals surface area (Å²) in [7, 11) is -1.74. The maximum Gasteiger partial charge on any atom is 0.253 e. The highest BCUT2D eigenvalue weighted by atomic mass is 32.2. The molecule has 3 aromatic rings. The van der Waals surface area contributed by atoms with Crippen molar-refractivity contribution in [3.05, 3.63) is 47.5 Å². The zero-order chi connectivity index (χ0) is 18.9. The van der Waals surface area contributed by atoms with Gasteiger partial charge in [0, 0.05) is 18.9 Å². The van der Waals surface area contributed by atoms with Crippen molar-refractivity contribution in [1.29, 1.82) is 0 Å². The van der Waals surface area contributed by atoms with E-state index in [1.807, 2.05) is 0 Å². The van der Waals surface area contributed by atoms with Crippen LogP contribution in [-0.4, -0.2) is 37.7 Å². The summed E-state index contributed by atoms with van der Waals surface area (Å²) in [5, 5.41) is 2.79. The standard InChI is InChI=1S/C17H18N4O4S/c1-25-11-7-13(15-14(8-11)20-17(18)21-15)16(22)19-9-10-3-5-12(6-4-10)26(2,23)24/h3-8H,9H2,1-2H3,(H,19,22)(H3,18,20,21). The number of carbonyl (C=O) groups is 1. The molecule has 0 atom stereocenters. The fourth-order valence-corrected chi connectivity index (χ4v) is 3.16. The Kier molecular flexibility index (Phi) is 4.56. The second kappa shape index (κ2) is 6.68. The molecule has 0 saturated heterocycles. The normalized spacial score (nSPS) is 11.5. The van der Waals surface area contributed by atoms with Gasteiger partial charge in [0.05, 0.1) is 23.1 Å². The number of hydrogen-bond acceptors (Lipinski definition) is 6. The number of benzene rings is 2. The first-order valence-corrected chi connectivity index (χ1v) is 9.57. The number of nitrogens with one attached hydrogen (secondary N) is 2. The van der Waals surface area contributed by atoms with Crippen molar-refractivity contribution < 1.29 is 17.9 Å². The van der Waals surface area contributed by atoms with Crippen molar-refractivity contribution in [3.63, 3.8) is 0 Å². The van der Waals surface area contributed by atoms with Crippen LogP contribution in [-0.2, 0) is 16.4 Å². The molecule has 0 unspecified atom stereocenters. The monoisotopic (exact) mass is 374 g/mol. The van der Waals surface area contributed by atoms with E-state index in [1.165, 1.54) is 19.2 Å². The largest absolute Gasteiger partial charge is 0.497 e. The van der Waals surface area contributed by atoms with Gasteiger partial charge in [-0.15, -0.1) is 0 Å². The Morgan fingerprint density at radius 1 is 1.27 bits per heavy atom. The van der Waals surface area contributed by atoms with Gasteiger partial charge in [0.2, 0.25) is 0 Å². The summed E-state index contributed by atoms with van der Waals surface area (Å²) in [5.74, 6) is 0.370. The van der Waals surface area contributed by atoms with E-state index in [-0.39, 0.29) is 23.3 Å². The third kappa shape index (κ3) is 3.62. The van der Waals surface area contributed by atoms with Crippen molar-refractivity contribution >= 4 is 32.7 Å². The Balaban J connectivity index is 1.81. The number of aromatic amines is 1. The molecule has 9 heteroatoms. The SMILES string of the molecule is COc1cc(C(=O)NCc2ccc(S(C)(=O)=O)cc2)c2nc(N)[nH]c2c1. The van der Waals surface area contributed by atoms with Gasteiger partial charge in [0.25, 0.3) is 5.91 Å². The van der Waals surface area contributed by atoms with Crippen molar-refractivity contribution in [2.75, 3.05) is 19.1 Å². The quantitative estimate of drug-likeness (QED) is 0.621. The van der Waals surface area contributed by atoms with E-state index in [2.05, 4.69) is 15.3 Å². The molecule has 0 fully saturated rings. The van der Waals surface area contributed by atoms with E-state index in [9.17, 15) is 13.2 Å². The van der Waals surface area contributed by atoms with Gasteiger partial charge in [-0.2, -0.15) is 0 Å². The van der Waals surface area contributed by atoms with Crippen LogP contribution in [0, 0.1) is 0 Å². The highest BCUT2D eigenvalue weighted by Gasteiger charge is 2.16. The average molecular weight is 374 g/mol. The highest BCUT2D eigenvalue weighted by Crippen LogP contribution is 2.24. The molecule has 0 radical (unpaired) electrons. The minimum Gasteiger partial charge on any atom is -0.497 e. The summed E-state index contributed by atoms with van der Waals surface area (Å²) in [5.41, 5.74) is 7.83. The number of ether oxygens (including phenoxy) is 1. The van der Waals surface area contributed by atoms with E-state index < -0.39 is 9.84 Å². The number of imidazole rings is 1. The number of sulfone groups is 1. The van der Waals surface area contributed by atoms with Gasteiger partial charge in [0.1, 0.15) is 11.3 Å². The van der Waals surface area contributed by atoms with Crippen LogP contribution in [0.5, 0.6) is 5.75 Å². The van der Waals surface area contributed by atoms with Gasteiger partial charge in [-0.1, -0.05) is 12.1 Å². The molecule has 4 N–H and O–H groups in total.